The van der Waals surface area contributed by atoms with E-state index in [0.29, 0.717) is 11.4 Å². The quantitative estimate of drug-likeness (QED) is 0.747. The van der Waals surface area contributed by atoms with E-state index in [0.717, 1.165) is 32.0 Å². The lowest BCUT2D eigenvalue weighted by Crippen LogP contribution is -2.34. The Morgan fingerprint density at radius 2 is 1.42 bits per heavy atom. The molecule has 0 saturated carbocycles. The molecule has 142 valence electrons. The summed E-state index contributed by atoms with van der Waals surface area (Å²) in [5, 5.41) is 16.1. The average Bonchev–Trinajstić information content (AvgIpc) is 2.70. The molecule has 1 aromatic heterocycles. The monoisotopic (exact) mass is 356 g/mol. The number of nitrogens with one attached hydrogen (secondary N) is 2. The molecule has 3 rings (SSSR count). The van der Waals surface area contributed by atoms with Crippen LogP contribution in [0.5, 0.6) is 0 Å². The second-order valence-corrected chi connectivity index (χ2v) is 7.36. The summed E-state index contributed by atoms with van der Waals surface area (Å²) in [6, 6.07) is 6.01. The fourth-order valence-electron chi connectivity index (χ4n) is 3.82. The number of piperidine rings is 2. The van der Waals surface area contributed by atoms with Crippen molar-refractivity contribution in [1.29, 1.82) is 5.26 Å². The Morgan fingerprint density at radius 3 is 2.00 bits per heavy atom. The first kappa shape index (κ1) is 18.9. The summed E-state index contributed by atoms with van der Waals surface area (Å²) in [5.41, 5.74) is 0.616. The molecule has 6 heteroatoms. The molecular weight excluding hydrogens is 324 g/mol. The van der Waals surface area contributed by atoms with E-state index in [1.165, 1.54) is 64.7 Å². The predicted octanol–water partition coefficient (Wildman–Crippen LogP) is 2.75. The van der Waals surface area contributed by atoms with Gasteiger partial charge in [0.2, 0.25) is 0 Å². The van der Waals surface area contributed by atoms with Gasteiger partial charge >= 0.3 is 0 Å². The highest BCUT2D eigenvalue weighted by Crippen LogP contribution is 2.16. The second kappa shape index (κ2) is 10.3. The van der Waals surface area contributed by atoms with E-state index in [-0.39, 0.29) is 0 Å². The molecular formula is C20H32N6. The second-order valence-electron chi connectivity index (χ2n) is 7.36. The van der Waals surface area contributed by atoms with Crippen LogP contribution in [0.1, 0.15) is 44.1 Å². The number of hydrogen-bond acceptors (Lipinski definition) is 6. The molecule has 0 amide bonds. The zero-order valence-corrected chi connectivity index (χ0v) is 15.8. The summed E-state index contributed by atoms with van der Waals surface area (Å²) in [4.78, 5) is 9.63. The summed E-state index contributed by atoms with van der Waals surface area (Å²) in [7, 11) is 0. The Labute approximate surface area is 157 Å². The van der Waals surface area contributed by atoms with E-state index in [1.54, 1.807) is 0 Å². The van der Waals surface area contributed by atoms with Crippen molar-refractivity contribution in [2.75, 3.05) is 63.0 Å². The Morgan fingerprint density at radius 1 is 0.846 bits per heavy atom. The van der Waals surface area contributed by atoms with Crippen molar-refractivity contribution in [3.63, 3.8) is 0 Å². The van der Waals surface area contributed by atoms with Crippen molar-refractivity contribution in [1.82, 2.24) is 14.8 Å². The zero-order chi connectivity index (χ0) is 18.0. The molecule has 3 heterocycles. The van der Waals surface area contributed by atoms with Crippen molar-refractivity contribution < 1.29 is 0 Å². The van der Waals surface area contributed by atoms with E-state index < -0.39 is 0 Å². The molecule has 2 N–H and O–H groups in total. The molecule has 0 radical (unpaired) electrons. The highest BCUT2D eigenvalue weighted by Gasteiger charge is 2.11. The maximum atomic E-state index is 9.34. The summed E-state index contributed by atoms with van der Waals surface area (Å²) in [6.45, 7) is 8.61. The number of anilines is 2. The van der Waals surface area contributed by atoms with Crippen LogP contribution >= 0.6 is 0 Å². The first-order valence-electron chi connectivity index (χ1n) is 10.2. The van der Waals surface area contributed by atoms with Crippen LogP contribution in [-0.4, -0.2) is 67.1 Å². The van der Waals surface area contributed by atoms with Gasteiger partial charge < -0.3 is 20.4 Å². The summed E-state index contributed by atoms with van der Waals surface area (Å²) in [6.07, 6.45) is 7.97. The first-order chi connectivity index (χ1) is 12.8. The zero-order valence-electron chi connectivity index (χ0n) is 15.8. The van der Waals surface area contributed by atoms with Crippen LogP contribution < -0.4 is 10.6 Å². The largest absolute Gasteiger partial charge is 0.369 e. The molecule has 2 saturated heterocycles. The van der Waals surface area contributed by atoms with E-state index >= 15 is 0 Å². The van der Waals surface area contributed by atoms with Crippen LogP contribution in [0, 0.1) is 11.3 Å². The van der Waals surface area contributed by atoms with Crippen LogP contribution in [0.2, 0.25) is 0 Å². The number of rotatable bonds is 8. The molecule has 1 aromatic rings. The van der Waals surface area contributed by atoms with Crippen molar-refractivity contribution in [2.45, 2.75) is 38.5 Å². The van der Waals surface area contributed by atoms with E-state index in [1.807, 2.05) is 12.1 Å². The Balaban J connectivity index is 1.46. The standard InChI is InChI=1S/C20H32N6/c21-17-18-7-8-19(22-9-15-25-11-3-1-4-12-25)24-20(18)23-10-16-26-13-5-2-6-14-26/h7-8H,1-6,9-16H2,(H2,22,23,24). The maximum absolute atomic E-state index is 9.34. The maximum Gasteiger partial charge on any atom is 0.146 e. The van der Waals surface area contributed by atoms with E-state index in [9.17, 15) is 5.26 Å². The SMILES string of the molecule is N#Cc1ccc(NCCN2CCCCC2)nc1NCCN1CCCCC1. The Hall–Kier alpha value is -1.84. The van der Waals surface area contributed by atoms with Crippen molar-refractivity contribution in [2.24, 2.45) is 0 Å². The fraction of sp³-hybridized carbons (Fsp3) is 0.700. The fourth-order valence-corrected chi connectivity index (χ4v) is 3.82. The van der Waals surface area contributed by atoms with Gasteiger partial charge in [-0.25, -0.2) is 4.98 Å². The van der Waals surface area contributed by atoms with Gasteiger partial charge in [-0.1, -0.05) is 12.8 Å². The molecule has 0 atom stereocenters. The summed E-state index contributed by atoms with van der Waals surface area (Å²) in [5.74, 6) is 1.55. The molecule has 0 unspecified atom stereocenters. The lowest BCUT2D eigenvalue weighted by Gasteiger charge is -2.26. The molecule has 0 spiro atoms. The predicted molar refractivity (Wildman–Crippen MR) is 107 cm³/mol. The molecule has 0 aliphatic carbocycles. The number of pyridine rings is 1. The van der Waals surface area contributed by atoms with Crippen LogP contribution in [-0.2, 0) is 0 Å². The molecule has 0 aromatic carbocycles. The van der Waals surface area contributed by atoms with E-state index in [4.69, 9.17) is 0 Å². The number of nitriles is 1. The number of hydrogen-bond donors (Lipinski definition) is 2. The summed E-state index contributed by atoms with van der Waals surface area (Å²) < 4.78 is 0. The van der Waals surface area contributed by atoms with Gasteiger partial charge in [-0.3, -0.25) is 0 Å². The van der Waals surface area contributed by atoms with Crippen molar-refractivity contribution >= 4 is 11.6 Å². The first-order valence-corrected chi connectivity index (χ1v) is 10.2. The van der Waals surface area contributed by atoms with E-state index in [2.05, 4.69) is 31.5 Å². The third kappa shape index (κ3) is 5.86. The minimum absolute atomic E-state index is 0.616. The van der Waals surface area contributed by atoms with Gasteiger partial charge in [-0.05, 0) is 64.0 Å². The molecule has 2 aliphatic heterocycles. The van der Waals surface area contributed by atoms with Crippen LogP contribution in [0.4, 0.5) is 11.6 Å². The lowest BCUT2D eigenvalue weighted by atomic mass is 10.1. The number of likely N-dealkylation sites (tertiary alicyclic amines) is 2. The van der Waals surface area contributed by atoms with Crippen molar-refractivity contribution in [3.05, 3.63) is 17.7 Å². The third-order valence-electron chi connectivity index (χ3n) is 5.37. The normalized spacial score (nSPS) is 19.0. The van der Waals surface area contributed by atoms with Crippen LogP contribution in [0.25, 0.3) is 0 Å². The van der Waals surface area contributed by atoms with Gasteiger partial charge in [0.25, 0.3) is 0 Å². The van der Waals surface area contributed by atoms with Gasteiger partial charge in [-0.15, -0.1) is 0 Å². The third-order valence-corrected chi connectivity index (χ3v) is 5.37. The molecule has 6 nitrogen and oxygen atoms in total. The summed E-state index contributed by atoms with van der Waals surface area (Å²) >= 11 is 0. The number of nitrogens with zero attached hydrogens (tertiary/aromatic N) is 4. The Bertz CT molecular complexity index is 584. The number of aromatic nitrogens is 1. The highest BCUT2D eigenvalue weighted by atomic mass is 15.2. The minimum atomic E-state index is 0.616. The average molecular weight is 357 g/mol. The Kier molecular flexibility index (Phi) is 7.53. The highest BCUT2D eigenvalue weighted by molar-refractivity contribution is 5.56. The lowest BCUT2D eigenvalue weighted by molar-refractivity contribution is 0.237. The minimum Gasteiger partial charge on any atom is -0.369 e. The van der Waals surface area contributed by atoms with Gasteiger partial charge in [0.05, 0.1) is 5.56 Å². The van der Waals surface area contributed by atoms with Crippen molar-refractivity contribution in [3.8, 4) is 6.07 Å². The smallest absolute Gasteiger partial charge is 0.146 e. The van der Waals surface area contributed by atoms with Gasteiger partial charge in [0.1, 0.15) is 17.7 Å². The van der Waals surface area contributed by atoms with Crippen LogP contribution in [0.3, 0.4) is 0 Å². The molecule has 2 aliphatic rings. The van der Waals surface area contributed by atoms with Crippen LogP contribution in [0.15, 0.2) is 12.1 Å². The topological polar surface area (TPSA) is 67.2 Å². The van der Waals surface area contributed by atoms with Gasteiger partial charge in [0, 0.05) is 26.2 Å². The molecule has 2 fully saturated rings. The van der Waals surface area contributed by atoms with Gasteiger partial charge in [-0.2, -0.15) is 5.26 Å². The van der Waals surface area contributed by atoms with Gasteiger partial charge in [0.15, 0.2) is 0 Å². The molecule has 26 heavy (non-hydrogen) atoms. The molecule has 0 bridgehead atoms.